The van der Waals surface area contributed by atoms with Gasteiger partial charge in [-0.05, 0) is 58.6 Å². The molecule has 0 aliphatic carbocycles. The Labute approximate surface area is 186 Å². The van der Waals surface area contributed by atoms with E-state index in [1.807, 2.05) is 42.7 Å². The molecule has 0 bridgehead atoms. The molecular weight excluding hydrogens is 408 g/mol. The largest absolute Gasteiger partial charge is 0.466 e. The SMILES string of the molecule is Cc1cc(-c2cc(C(=O)N3CCC(C(=O)N4CCCC4)CC3)c3c(C)noc3n2)c(C)o1. The summed E-state index contributed by atoms with van der Waals surface area (Å²) < 4.78 is 11.1. The van der Waals surface area contributed by atoms with E-state index in [4.69, 9.17) is 8.94 Å². The number of carbonyl (C=O) groups is 2. The molecule has 0 saturated carbocycles. The first-order valence-electron chi connectivity index (χ1n) is 11.3. The Balaban J connectivity index is 1.41. The van der Waals surface area contributed by atoms with Crippen molar-refractivity contribution in [3.63, 3.8) is 0 Å². The normalized spacial score (nSPS) is 17.5. The number of hydrogen-bond donors (Lipinski definition) is 0. The van der Waals surface area contributed by atoms with Crippen LogP contribution in [-0.4, -0.2) is 57.9 Å². The number of likely N-dealkylation sites (tertiary alicyclic amines) is 2. The van der Waals surface area contributed by atoms with Crippen LogP contribution in [0.1, 0.15) is 53.3 Å². The van der Waals surface area contributed by atoms with Crippen LogP contribution in [0.5, 0.6) is 0 Å². The lowest BCUT2D eigenvalue weighted by atomic mass is 9.94. The second-order valence-corrected chi connectivity index (χ2v) is 8.93. The van der Waals surface area contributed by atoms with E-state index in [0.717, 1.165) is 43.0 Å². The topological polar surface area (TPSA) is 92.7 Å². The molecule has 0 radical (unpaired) electrons. The van der Waals surface area contributed by atoms with Crippen molar-refractivity contribution in [3.05, 3.63) is 34.9 Å². The lowest BCUT2D eigenvalue weighted by Gasteiger charge is -2.33. The van der Waals surface area contributed by atoms with E-state index in [0.29, 0.717) is 54.0 Å². The highest BCUT2D eigenvalue weighted by atomic mass is 16.5. The van der Waals surface area contributed by atoms with Gasteiger partial charge >= 0.3 is 0 Å². The highest BCUT2D eigenvalue weighted by Crippen LogP contribution is 2.32. The van der Waals surface area contributed by atoms with Crippen LogP contribution in [0.2, 0.25) is 0 Å². The van der Waals surface area contributed by atoms with Crippen molar-refractivity contribution in [1.29, 1.82) is 0 Å². The summed E-state index contributed by atoms with van der Waals surface area (Å²) in [5.74, 6) is 1.72. The number of aromatic nitrogens is 2. The highest BCUT2D eigenvalue weighted by Gasteiger charge is 2.32. The second kappa shape index (κ2) is 8.07. The van der Waals surface area contributed by atoms with Gasteiger partial charge in [-0.3, -0.25) is 9.59 Å². The molecule has 0 N–H and O–H groups in total. The number of nitrogens with zero attached hydrogens (tertiary/aromatic N) is 4. The number of hydrogen-bond acceptors (Lipinski definition) is 6. The number of amides is 2. The van der Waals surface area contributed by atoms with E-state index < -0.39 is 0 Å². The van der Waals surface area contributed by atoms with Gasteiger partial charge in [-0.2, -0.15) is 0 Å². The molecule has 5 heterocycles. The Kier molecular flexibility index (Phi) is 5.23. The summed E-state index contributed by atoms with van der Waals surface area (Å²) in [5.41, 5.74) is 2.99. The summed E-state index contributed by atoms with van der Waals surface area (Å²) in [6.45, 7) is 8.45. The Morgan fingerprint density at radius 2 is 1.72 bits per heavy atom. The van der Waals surface area contributed by atoms with Crippen LogP contribution < -0.4 is 0 Å². The van der Waals surface area contributed by atoms with E-state index in [9.17, 15) is 9.59 Å². The summed E-state index contributed by atoms with van der Waals surface area (Å²) in [6, 6.07) is 3.73. The molecule has 2 amide bonds. The van der Waals surface area contributed by atoms with Gasteiger partial charge in [0.15, 0.2) is 0 Å². The number of aryl methyl sites for hydroxylation is 3. The first kappa shape index (κ1) is 20.7. The van der Waals surface area contributed by atoms with Crippen molar-refractivity contribution < 1.29 is 18.5 Å². The molecule has 3 aromatic heterocycles. The molecule has 3 aromatic rings. The Bertz CT molecular complexity index is 1180. The van der Waals surface area contributed by atoms with Crippen LogP contribution in [0.4, 0.5) is 0 Å². The summed E-state index contributed by atoms with van der Waals surface area (Å²) in [7, 11) is 0. The molecule has 8 heteroatoms. The molecule has 0 spiro atoms. The van der Waals surface area contributed by atoms with Crippen LogP contribution in [0.3, 0.4) is 0 Å². The molecule has 2 aliphatic heterocycles. The summed E-state index contributed by atoms with van der Waals surface area (Å²) in [5, 5.41) is 4.69. The van der Waals surface area contributed by atoms with Crippen molar-refractivity contribution in [2.75, 3.05) is 26.2 Å². The number of piperidine rings is 1. The van der Waals surface area contributed by atoms with Crippen molar-refractivity contribution in [1.82, 2.24) is 19.9 Å². The highest BCUT2D eigenvalue weighted by molar-refractivity contribution is 6.07. The molecule has 168 valence electrons. The van der Waals surface area contributed by atoms with Crippen molar-refractivity contribution in [2.24, 2.45) is 5.92 Å². The fourth-order valence-corrected chi connectivity index (χ4v) is 4.98. The zero-order valence-electron chi connectivity index (χ0n) is 18.8. The van der Waals surface area contributed by atoms with Gasteiger partial charge in [0, 0.05) is 37.7 Å². The maximum Gasteiger partial charge on any atom is 0.259 e. The van der Waals surface area contributed by atoms with E-state index in [2.05, 4.69) is 10.1 Å². The van der Waals surface area contributed by atoms with Crippen molar-refractivity contribution in [2.45, 2.75) is 46.5 Å². The maximum absolute atomic E-state index is 13.6. The van der Waals surface area contributed by atoms with Crippen LogP contribution in [0.15, 0.2) is 21.1 Å². The van der Waals surface area contributed by atoms with Gasteiger partial charge in [0.2, 0.25) is 5.91 Å². The predicted molar refractivity (Wildman–Crippen MR) is 118 cm³/mol. The third kappa shape index (κ3) is 3.57. The fraction of sp³-hybridized carbons (Fsp3) is 0.500. The van der Waals surface area contributed by atoms with Crippen LogP contribution in [0.25, 0.3) is 22.4 Å². The smallest absolute Gasteiger partial charge is 0.259 e. The minimum absolute atomic E-state index is 0.0130. The molecule has 2 fully saturated rings. The number of furan rings is 1. The lowest BCUT2D eigenvalue weighted by Crippen LogP contribution is -2.43. The number of fused-ring (bicyclic) bond motifs is 1. The van der Waals surface area contributed by atoms with Crippen LogP contribution >= 0.6 is 0 Å². The van der Waals surface area contributed by atoms with Gasteiger partial charge in [0.25, 0.3) is 11.6 Å². The molecule has 2 aliphatic rings. The summed E-state index contributed by atoms with van der Waals surface area (Å²) in [4.78, 5) is 34.8. The molecule has 8 nitrogen and oxygen atoms in total. The van der Waals surface area contributed by atoms with Gasteiger partial charge in [-0.25, -0.2) is 4.98 Å². The maximum atomic E-state index is 13.6. The molecular formula is C24H28N4O4. The predicted octanol–water partition coefficient (Wildman–Crippen LogP) is 3.88. The molecule has 0 atom stereocenters. The standard InChI is InChI=1S/C24H28N4O4/c1-14-12-18(16(3)31-14)20-13-19(21-15(2)26-32-22(21)25-20)24(30)28-10-6-17(7-11-28)23(29)27-8-4-5-9-27/h12-13,17H,4-11H2,1-3H3. The third-order valence-electron chi connectivity index (χ3n) is 6.71. The van der Waals surface area contributed by atoms with E-state index in [1.165, 1.54) is 0 Å². The minimum atomic E-state index is -0.0742. The van der Waals surface area contributed by atoms with E-state index >= 15 is 0 Å². The number of rotatable bonds is 3. The molecule has 0 unspecified atom stereocenters. The fourth-order valence-electron chi connectivity index (χ4n) is 4.98. The van der Waals surface area contributed by atoms with Crippen molar-refractivity contribution in [3.8, 4) is 11.3 Å². The lowest BCUT2D eigenvalue weighted by molar-refractivity contribution is -0.135. The summed E-state index contributed by atoms with van der Waals surface area (Å²) in [6.07, 6.45) is 3.59. The van der Waals surface area contributed by atoms with Crippen molar-refractivity contribution >= 4 is 22.9 Å². The second-order valence-electron chi connectivity index (χ2n) is 8.93. The van der Waals surface area contributed by atoms with Gasteiger partial charge in [-0.1, -0.05) is 5.16 Å². The first-order chi connectivity index (χ1) is 15.4. The van der Waals surface area contributed by atoms with E-state index in [1.54, 1.807) is 0 Å². The Hall–Kier alpha value is -3.16. The minimum Gasteiger partial charge on any atom is -0.466 e. The molecule has 32 heavy (non-hydrogen) atoms. The summed E-state index contributed by atoms with van der Waals surface area (Å²) >= 11 is 0. The monoisotopic (exact) mass is 436 g/mol. The van der Waals surface area contributed by atoms with Gasteiger partial charge in [0.05, 0.1) is 22.3 Å². The van der Waals surface area contributed by atoms with E-state index in [-0.39, 0.29) is 17.7 Å². The zero-order valence-corrected chi connectivity index (χ0v) is 18.8. The average Bonchev–Trinajstić information content (AvgIpc) is 3.53. The molecule has 0 aromatic carbocycles. The van der Waals surface area contributed by atoms with Gasteiger partial charge in [-0.15, -0.1) is 0 Å². The number of pyridine rings is 1. The molecule has 5 rings (SSSR count). The quantitative estimate of drug-likeness (QED) is 0.619. The average molecular weight is 437 g/mol. The van der Waals surface area contributed by atoms with Gasteiger partial charge in [0.1, 0.15) is 11.5 Å². The number of carbonyl (C=O) groups excluding carboxylic acids is 2. The zero-order chi connectivity index (χ0) is 22.4. The first-order valence-corrected chi connectivity index (χ1v) is 11.3. The van der Waals surface area contributed by atoms with Crippen LogP contribution in [0, 0.1) is 26.7 Å². The van der Waals surface area contributed by atoms with Gasteiger partial charge < -0.3 is 18.7 Å². The Morgan fingerprint density at radius 3 is 2.38 bits per heavy atom. The molecule has 2 saturated heterocycles. The van der Waals surface area contributed by atoms with Crippen LogP contribution in [-0.2, 0) is 4.79 Å². The Morgan fingerprint density at radius 1 is 1.00 bits per heavy atom. The third-order valence-corrected chi connectivity index (χ3v) is 6.71.